The lowest BCUT2D eigenvalue weighted by Crippen LogP contribution is -2.62. The summed E-state index contributed by atoms with van der Waals surface area (Å²) >= 11 is 4.03. The Hall–Kier alpha value is -1.61. The molecule has 9 heteroatoms. The first-order valence-corrected chi connectivity index (χ1v) is 13.2. The smallest absolute Gasteiger partial charge is 0.246 e. The minimum atomic E-state index is -1.23. The zero-order valence-corrected chi connectivity index (χ0v) is 22.6. The highest BCUT2D eigenvalue weighted by atomic mass is 32.1. The van der Waals surface area contributed by atoms with E-state index in [0.29, 0.717) is 19.3 Å². The number of Topliss-reactive ketones (excluding diaryl/α,β-unsaturated/α-hetero) is 1. The second-order valence-electron chi connectivity index (χ2n) is 10.2. The van der Waals surface area contributed by atoms with Crippen LogP contribution in [0.3, 0.4) is 0 Å². The lowest BCUT2D eigenvalue weighted by Gasteiger charge is -2.37. The molecule has 1 unspecified atom stereocenters. The van der Waals surface area contributed by atoms with E-state index in [-0.39, 0.29) is 24.0 Å². The Morgan fingerprint density at radius 3 is 2.12 bits per heavy atom. The third-order valence-electron chi connectivity index (χ3n) is 5.66. The van der Waals surface area contributed by atoms with Crippen molar-refractivity contribution >= 4 is 36.1 Å². The second-order valence-corrected chi connectivity index (χ2v) is 10.6. The lowest BCUT2D eigenvalue weighted by molar-refractivity contribution is -0.138. The summed E-state index contributed by atoms with van der Waals surface area (Å²) in [6, 6.07) is -0.869. The number of thiol groups is 1. The standard InChI is InChI=1S/C25H47N3O5S/c1-6-7-8-9-10-11-25(15-18(4)5,28-23(32)13-19(29)16-34)24(33)27-20(12-17(2)3)21(30)14-22(26)31/h17-20,29,34H,6-16H2,1-5H3,(H2,26,31)(H,27,33)(H,28,32)/t19?,20-,25-/m0/s1. The third-order valence-corrected chi connectivity index (χ3v) is 6.08. The van der Waals surface area contributed by atoms with Crippen LogP contribution in [0.4, 0.5) is 0 Å². The molecule has 198 valence electrons. The summed E-state index contributed by atoms with van der Waals surface area (Å²) in [5.41, 5.74) is 3.99. The monoisotopic (exact) mass is 501 g/mol. The Bertz CT molecular complexity index is 656. The molecule has 0 aliphatic carbocycles. The van der Waals surface area contributed by atoms with Crippen LogP contribution in [-0.4, -0.2) is 52.0 Å². The molecule has 8 nitrogen and oxygen atoms in total. The van der Waals surface area contributed by atoms with E-state index < -0.39 is 47.6 Å². The number of nitrogens with one attached hydrogen (secondary N) is 2. The normalized spacial score (nSPS) is 15.0. The molecule has 0 aliphatic rings. The van der Waals surface area contributed by atoms with Crippen molar-refractivity contribution in [2.45, 2.75) is 117 Å². The van der Waals surface area contributed by atoms with Crippen LogP contribution in [0.1, 0.15) is 98.8 Å². The molecular weight excluding hydrogens is 454 g/mol. The Labute approximate surface area is 211 Å². The van der Waals surface area contributed by atoms with Gasteiger partial charge in [0.05, 0.1) is 25.0 Å². The van der Waals surface area contributed by atoms with E-state index >= 15 is 0 Å². The van der Waals surface area contributed by atoms with Crippen LogP contribution in [0, 0.1) is 11.8 Å². The highest BCUT2D eigenvalue weighted by molar-refractivity contribution is 7.80. The first kappa shape index (κ1) is 32.4. The quantitative estimate of drug-likeness (QED) is 0.105. The molecule has 0 saturated heterocycles. The van der Waals surface area contributed by atoms with Crippen molar-refractivity contribution in [2.75, 3.05) is 5.75 Å². The fraction of sp³-hybridized carbons (Fsp3) is 0.840. The topological polar surface area (TPSA) is 139 Å². The van der Waals surface area contributed by atoms with Crippen molar-refractivity contribution in [3.8, 4) is 0 Å². The number of nitrogens with two attached hydrogens (primary N) is 1. The highest BCUT2D eigenvalue weighted by Crippen LogP contribution is 2.26. The van der Waals surface area contributed by atoms with Gasteiger partial charge in [0.25, 0.3) is 0 Å². The fourth-order valence-electron chi connectivity index (χ4n) is 4.14. The van der Waals surface area contributed by atoms with Crippen LogP contribution >= 0.6 is 12.6 Å². The highest BCUT2D eigenvalue weighted by Gasteiger charge is 2.41. The van der Waals surface area contributed by atoms with E-state index in [1.54, 1.807) is 0 Å². The molecule has 0 aliphatic heterocycles. The molecule has 0 bridgehead atoms. The van der Waals surface area contributed by atoms with Gasteiger partial charge in [-0.1, -0.05) is 66.7 Å². The van der Waals surface area contributed by atoms with E-state index in [0.717, 1.165) is 32.1 Å². The molecule has 0 aromatic carbocycles. The van der Waals surface area contributed by atoms with Gasteiger partial charge in [0.15, 0.2) is 5.78 Å². The maximum atomic E-state index is 13.7. The maximum Gasteiger partial charge on any atom is 0.246 e. The van der Waals surface area contributed by atoms with Gasteiger partial charge >= 0.3 is 0 Å². The summed E-state index contributed by atoms with van der Waals surface area (Å²) in [7, 11) is 0. The summed E-state index contributed by atoms with van der Waals surface area (Å²) in [5, 5.41) is 15.6. The zero-order chi connectivity index (χ0) is 26.3. The van der Waals surface area contributed by atoms with E-state index in [1.807, 2.05) is 27.7 Å². The van der Waals surface area contributed by atoms with Gasteiger partial charge in [0.1, 0.15) is 5.54 Å². The Balaban J connectivity index is 5.94. The van der Waals surface area contributed by atoms with Gasteiger partial charge in [0, 0.05) is 5.75 Å². The summed E-state index contributed by atoms with van der Waals surface area (Å²) in [4.78, 5) is 50.5. The van der Waals surface area contributed by atoms with Crippen molar-refractivity contribution in [1.29, 1.82) is 0 Å². The molecule has 0 saturated carbocycles. The summed E-state index contributed by atoms with van der Waals surface area (Å²) in [6.07, 6.45) is 4.51. The van der Waals surface area contributed by atoms with Gasteiger partial charge in [-0.25, -0.2) is 0 Å². The lowest BCUT2D eigenvalue weighted by atomic mass is 9.82. The van der Waals surface area contributed by atoms with Gasteiger partial charge in [0.2, 0.25) is 17.7 Å². The molecule has 0 fully saturated rings. The van der Waals surface area contributed by atoms with Gasteiger partial charge in [-0.2, -0.15) is 12.6 Å². The Morgan fingerprint density at radius 2 is 1.62 bits per heavy atom. The van der Waals surface area contributed by atoms with Gasteiger partial charge in [-0.05, 0) is 31.1 Å². The van der Waals surface area contributed by atoms with Crippen molar-refractivity contribution in [1.82, 2.24) is 10.6 Å². The van der Waals surface area contributed by atoms with E-state index in [4.69, 9.17) is 5.73 Å². The molecule has 0 radical (unpaired) electrons. The largest absolute Gasteiger partial charge is 0.392 e. The minimum absolute atomic E-state index is 0.0846. The SMILES string of the molecule is CCCCCCC[C@@](CC(C)C)(NC(=O)CC(O)CS)C(=O)N[C@@H](CC(C)C)C(=O)CC(N)=O. The molecule has 0 aromatic heterocycles. The number of rotatable bonds is 19. The number of carbonyl (C=O) groups excluding carboxylic acids is 4. The molecule has 3 atom stereocenters. The summed E-state index contributed by atoms with van der Waals surface area (Å²) in [5.74, 6) is -1.74. The summed E-state index contributed by atoms with van der Waals surface area (Å²) < 4.78 is 0. The first-order valence-electron chi connectivity index (χ1n) is 12.6. The number of ketones is 1. The number of primary amides is 1. The molecule has 5 N–H and O–H groups in total. The van der Waals surface area contributed by atoms with Crippen molar-refractivity contribution in [2.24, 2.45) is 17.6 Å². The summed E-state index contributed by atoms with van der Waals surface area (Å²) in [6.45, 7) is 9.91. The number of aliphatic hydroxyl groups is 1. The number of amides is 3. The van der Waals surface area contributed by atoms with Crippen LogP contribution in [0.2, 0.25) is 0 Å². The van der Waals surface area contributed by atoms with Gasteiger partial charge < -0.3 is 21.5 Å². The van der Waals surface area contributed by atoms with E-state index in [9.17, 15) is 24.3 Å². The van der Waals surface area contributed by atoms with E-state index in [1.165, 1.54) is 0 Å². The fourth-order valence-corrected chi connectivity index (χ4v) is 4.26. The maximum absolute atomic E-state index is 13.7. The van der Waals surface area contributed by atoms with Crippen LogP contribution < -0.4 is 16.4 Å². The predicted octanol–water partition coefficient (Wildman–Crippen LogP) is 2.90. The second kappa shape index (κ2) is 16.9. The van der Waals surface area contributed by atoms with Crippen LogP contribution in [0.5, 0.6) is 0 Å². The van der Waals surface area contributed by atoms with Crippen LogP contribution in [0.25, 0.3) is 0 Å². The first-order chi connectivity index (χ1) is 15.9. The van der Waals surface area contributed by atoms with Crippen molar-refractivity contribution in [3.05, 3.63) is 0 Å². The molecular formula is C25H47N3O5S. The van der Waals surface area contributed by atoms with E-state index in [2.05, 4.69) is 30.2 Å². The molecule has 3 amide bonds. The molecule has 34 heavy (non-hydrogen) atoms. The number of carbonyl (C=O) groups is 4. The van der Waals surface area contributed by atoms with Gasteiger partial charge in [-0.15, -0.1) is 0 Å². The number of unbranched alkanes of at least 4 members (excludes halogenated alkanes) is 4. The minimum Gasteiger partial charge on any atom is -0.392 e. The third kappa shape index (κ3) is 13.3. The molecule has 0 rings (SSSR count). The molecule has 0 spiro atoms. The Morgan fingerprint density at radius 1 is 1.00 bits per heavy atom. The molecule has 0 aromatic rings. The number of aliphatic hydroxyl groups excluding tert-OH is 1. The predicted molar refractivity (Wildman–Crippen MR) is 138 cm³/mol. The average molecular weight is 502 g/mol. The van der Waals surface area contributed by atoms with Crippen molar-refractivity contribution in [3.63, 3.8) is 0 Å². The van der Waals surface area contributed by atoms with Gasteiger partial charge in [-0.3, -0.25) is 19.2 Å². The zero-order valence-electron chi connectivity index (χ0n) is 21.7. The number of hydrogen-bond donors (Lipinski definition) is 5. The number of hydrogen-bond acceptors (Lipinski definition) is 6. The average Bonchev–Trinajstić information content (AvgIpc) is 2.71. The van der Waals surface area contributed by atoms with Crippen LogP contribution in [0.15, 0.2) is 0 Å². The molecule has 0 heterocycles. The van der Waals surface area contributed by atoms with Crippen molar-refractivity contribution < 1.29 is 24.3 Å². The van der Waals surface area contributed by atoms with Crippen LogP contribution in [-0.2, 0) is 19.2 Å². The Kier molecular flexibility index (Phi) is 16.1.